The molecule has 1 fully saturated rings. The first-order valence-corrected chi connectivity index (χ1v) is 7.60. The van der Waals surface area contributed by atoms with Crippen molar-refractivity contribution < 1.29 is 8.42 Å². The van der Waals surface area contributed by atoms with Crippen LogP contribution in [0.25, 0.3) is 0 Å². The second-order valence-corrected chi connectivity index (χ2v) is 6.54. The summed E-state index contributed by atoms with van der Waals surface area (Å²) >= 11 is 0. The fourth-order valence-corrected chi connectivity index (χ4v) is 2.50. The molecular weight excluding hydrogens is 212 g/mol. The van der Waals surface area contributed by atoms with Crippen LogP contribution in [0, 0.1) is 0 Å². The van der Waals surface area contributed by atoms with E-state index < -0.39 is 9.84 Å². The van der Waals surface area contributed by atoms with E-state index in [-0.39, 0.29) is 11.5 Å². The molecular formula is C10H22N2O2S. The summed E-state index contributed by atoms with van der Waals surface area (Å²) in [6.45, 7) is 4.43. The quantitative estimate of drug-likeness (QED) is 0.711. The monoisotopic (exact) mass is 234 g/mol. The number of rotatable bonds is 5. The zero-order valence-electron chi connectivity index (χ0n) is 9.46. The highest BCUT2D eigenvalue weighted by atomic mass is 32.2. The first-order valence-electron chi connectivity index (χ1n) is 5.78. The maximum Gasteiger partial charge on any atom is 0.151 e. The average Bonchev–Trinajstić information content (AvgIpc) is 2.46. The normalized spacial score (nSPS) is 23.7. The molecule has 0 aromatic rings. The molecule has 4 nitrogen and oxygen atoms in total. The average molecular weight is 234 g/mol. The lowest BCUT2D eigenvalue weighted by Gasteiger charge is -2.15. The smallest absolute Gasteiger partial charge is 0.151 e. The second kappa shape index (κ2) is 6.45. The van der Waals surface area contributed by atoms with Crippen molar-refractivity contribution in [2.75, 3.05) is 31.1 Å². The summed E-state index contributed by atoms with van der Waals surface area (Å²) in [5, 5.41) is 6.67. The molecule has 0 aromatic carbocycles. The van der Waals surface area contributed by atoms with Gasteiger partial charge in [-0.3, -0.25) is 0 Å². The Morgan fingerprint density at radius 1 is 1.33 bits per heavy atom. The van der Waals surface area contributed by atoms with E-state index in [1.54, 1.807) is 6.92 Å². The Bertz CT molecular complexity index is 257. The predicted octanol–water partition coefficient (Wildman–Crippen LogP) is 0.153. The Kier molecular flexibility index (Phi) is 5.56. The zero-order valence-corrected chi connectivity index (χ0v) is 10.3. The molecule has 0 spiro atoms. The molecule has 1 rings (SSSR count). The molecule has 0 aliphatic carbocycles. The first-order chi connectivity index (χ1) is 7.14. The molecule has 15 heavy (non-hydrogen) atoms. The van der Waals surface area contributed by atoms with E-state index in [4.69, 9.17) is 0 Å². The standard InChI is InChI=1S/C10H22N2O2S/c1-2-15(13,14)9-8-12-10-4-3-6-11-7-5-10/h10-12H,2-9H2,1H3. The second-order valence-electron chi connectivity index (χ2n) is 4.07. The molecule has 1 aliphatic rings. The molecule has 0 aromatic heterocycles. The molecule has 0 amide bonds. The van der Waals surface area contributed by atoms with Gasteiger partial charge in [0.15, 0.2) is 9.84 Å². The third kappa shape index (κ3) is 5.49. The van der Waals surface area contributed by atoms with Crippen molar-refractivity contribution in [3.05, 3.63) is 0 Å². The molecule has 0 bridgehead atoms. The van der Waals surface area contributed by atoms with E-state index in [0.717, 1.165) is 25.9 Å². The molecule has 0 saturated carbocycles. The summed E-state index contributed by atoms with van der Waals surface area (Å²) in [6.07, 6.45) is 3.43. The Hall–Kier alpha value is -0.130. The fourth-order valence-electron chi connectivity index (χ4n) is 1.79. The van der Waals surface area contributed by atoms with Crippen molar-refractivity contribution in [1.29, 1.82) is 0 Å². The lowest BCUT2D eigenvalue weighted by molar-refractivity contribution is 0.481. The summed E-state index contributed by atoms with van der Waals surface area (Å²) < 4.78 is 22.5. The molecule has 1 heterocycles. The van der Waals surface area contributed by atoms with Gasteiger partial charge in [0.2, 0.25) is 0 Å². The van der Waals surface area contributed by atoms with Gasteiger partial charge in [0.25, 0.3) is 0 Å². The minimum Gasteiger partial charge on any atom is -0.317 e. The number of nitrogens with one attached hydrogen (secondary N) is 2. The third-order valence-electron chi connectivity index (χ3n) is 2.86. The summed E-state index contributed by atoms with van der Waals surface area (Å²) in [4.78, 5) is 0. The molecule has 90 valence electrons. The summed E-state index contributed by atoms with van der Waals surface area (Å²) in [5.74, 6) is 0.522. The van der Waals surface area contributed by atoms with Crippen LogP contribution in [0.15, 0.2) is 0 Å². The number of hydrogen-bond donors (Lipinski definition) is 2. The number of sulfone groups is 1. The summed E-state index contributed by atoms with van der Waals surface area (Å²) in [5.41, 5.74) is 0. The van der Waals surface area contributed by atoms with Crippen LogP contribution in [-0.2, 0) is 9.84 Å². The molecule has 1 atom stereocenters. The van der Waals surface area contributed by atoms with Gasteiger partial charge < -0.3 is 10.6 Å². The Balaban J connectivity index is 2.18. The molecule has 1 unspecified atom stereocenters. The van der Waals surface area contributed by atoms with Crippen molar-refractivity contribution in [1.82, 2.24) is 10.6 Å². The van der Waals surface area contributed by atoms with E-state index >= 15 is 0 Å². The summed E-state index contributed by atoms with van der Waals surface area (Å²) in [7, 11) is -2.81. The highest BCUT2D eigenvalue weighted by Gasteiger charge is 2.12. The van der Waals surface area contributed by atoms with Gasteiger partial charge in [-0.15, -0.1) is 0 Å². The van der Waals surface area contributed by atoms with Crippen molar-refractivity contribution in [2.24, 2.45) is 0 Å². The van der Waals surface area contributed by atoms with E-state index in [1.807, 2.05) is 0 Å². The van der Waals surface area contributed by atoms with Gasteiger partial charge in [-0.05, 0) is 32.4 Å². The van der Waals surface area contributed by atoms with Crippen molar-refractivity contribution in [2.45, 2.75) is 32.2 Å². The highest BCUT2D eigenvalue weighted by Crippen LogP contribution is 2.04. The minimum atomic E-state index is -2.81. The SMILES string of the molecule is CCS(=O)(=O)CCNC1CCCNCC1. The van der Waals surface area contributed by atoms with Crippen LogP contribution in [0.4, 0.5) is 0 Å². The minimum absolute atomic E-state index is 0.251. The van der Waals surface area contributed by atoms with Crippen molar-refractivity contribution in [3.8, 4) is 0 Å². The van der Waals surface area contributed by atoms with Gasteiger partial charge in [-0.25, -0.2) is 8.42 Å². The van der Waals surface area contributed by atoms with E-state index in [1.165, 1.54) is 6.42 Å². The molecule has 5 heteroatoms. The van der Waals surface area contributed by atoms with Crippen LogP contribution in [0.1, 0.15) is 26.2 Å². The lowest BCUT2D eigenvalue weighted by atomic mass is 10.1. The van der Waals surface area contributed by atoms with Gasteiger partial charge >= 0.3 is 0 Å². The van der Waals surface area contributed by atoms with Crippen molar-refractivity contribution in [3.63, 3.8) is 0 Å². The van der Waals surface area contributed by atoms with Gasteiger partial charge in [-0.1, -0.05) is 6.92 Å². The molecule has 1 saturated heterocycles. The maximum atomic E-state index is 11.3. The Labute approximate surface area is 92.7 Å². The Morgan fingerprint density at radius 2 is 2.13 bits per heavy atom. The van der Waals surface area contributed by atoms with Gasteiger partial charge in [0.1, 0.15) is 0 Å². The third-order valence-corrected chi connectivity index (χ3v) is 4.57. The van der Waals surface area contributed by atoms with Crippen LogP contribution in [-0.4, -0.2) is 45.6 Å². The van der Waals surface area contributed by atoms with Crippen LogP contribution in [0.5, 0.6) is 0 Å². The van der Waals surface area contributed by atoms with Gasteiger partial charge in [0, 0.05) is 18.3 Å². The lowest BCUT2D eigenvalue weighted by Crippen LogP contribution is -2.34. The highest BCUT2D eigenvalue weighted by molar-refractivity contribution is 7.91. The number of hydrogen-bond acceptors (Lipinski definition) is 4. The van der Waals surface area contributed by atoms with Crippen molar-refractivity contribution >= 4 is 9.84 Å². The van der Waals surface area contributed by atoms with E-state index in [9.17, 15) is 8.42 Å². The van der Waals surface area contributed by atoms with Crippen LogP contribution >= 0.6 is 0 Å². The zero-order chi connectivity index (χ0) is 11.1. The Morgan fingerprint density at radius 3 is 2.87 bits per heavy atom. The van der Waals surface area contributed by atoms with Crippen LogP contribution < -0.4 is 10.6 Å². The molecule has 1 aliphatic heterocycles. The fraction of sp³-hybridized carbons (Fsp3) is 1.00. The van der Waals surface area contributed by atoms with Crippen LogP contribution in [0.3, 0.4) is 0 Å². The summed E-state index contributed by atoms with van der Waals surface area (Å²) in [6, 6.07) is 0.493. The topological polar surface area (TPSA) is 58.2 Å². The maximum absolute atomic E-state index is 11.3. The van der Waals surface area contributed by atoms with Gasteiger partial charge in [0.05, 0.1) is 5.75 Å². The molecule has 2 N–H and O–H groups in total. The van der Waals surface area contributed by atoms with E-state index in [2.05, 4.69) is 10.6 Å². The predicted molar refractivity (Wildman–Crippen MR) is 62.8 cm³/mol. The van der Waals surface area contributed by atoms with Gasteiger partial charge in [-0.2, -0.15) is 0 Å². The van der Waals surface area contributed by atoms with Crippen LogP contribution in [0.2, 0.25) is 0 Å². The first kappa shape index (κ1) is 12.9. The van der Waals surface area contributed by atoms with E-state index in [0.29, 0.717) is 12.6 Å². The molecule has 0 radical (unpaired) electrons. The largest absolute Gasteiger partial charge is 0.317 e.